The molecule has 6 heteroatoms. The van der Waals surface area contributed by atoms with Crippen LogP contribution in [0.25, 0.3) is 0 Å². The molecule has 1 aromatic rings. The molecule has 1 unspecified atom stereocenters. The quantitative estimate of drug-likeness (QED) is 0.630. The summed E-state index contributed by atoms with van der Waals surface area (Å²) in [5.41, 5.74) is 0.693. The highest BCUT2D eigenvalue weighted by Crippen LogP contribution is 1.92. The molecule has 0 bridgehead atoms. The molecular formula is C5H8N3O2P. The number of urea groups is 1. The first kappa shape index (κ1) is 8.01. The Labute approximate surface area is 65.8 Å². The van der Waals surface area contributed by atoms with Crippen molar-refractivity contribution in [1.82, 2.24) is 15.6 Å². The summed E-state index contributed by atoms with van der Waals surface area (Å²) in [4.78, 5) is 10.6. The average molecular weight is 173 g/mol. The van der Waals surface area contributed by atoms with Crippen molar-refractivity contribution < 1.29 is 9.32 Å². The highest BCUT2D eigenvalue weighted by Gasteiger charge is 1.98. The second-order valence-electron chi connectivity index (χ2n) is 1.82. The summed E-state index contributed by atoms with van der Waals surface area (Å²) in [6.07, 6.45) is 1.45. The van der Waals surface area contributed by atoms with Crippen molar-refractivity contribution in [3.8, 4) is 0 Å². The highest BCUT2D eigenvalue weighted by atomic mass is 31.0. The zero-order chi connectivity index (χ0) is 8.10. The third-order valence-corrected chi connectivity index (χ3v) is 1.31. The molecule has 1 rings (SSSR count). The Balaban J connectivity index is 2.29. The van der Waals surface area contributed by atoms with E-state index in [0.717, 1.165) is 0 Å². The summed E-state index contributed by atoms with van der Waals surface area (Å²) in [6.45, 7) is 0.372. The fourth-order valence-electron chi connectivity index (χ4n) is 0.551. The molecule has 0 aromatic carbocycles. The Kier molecular flexibility index (Phi) is 2.86. The van der Waals surface area contributed by atoms with Crippen molar-refractivity contribution in [1.29, 1.82) is 0 Å². The van der Waals surface area contributed by atoms with Crippen molar-refractivity contribution in [2.24, 2.45) is 0 Å². The summed E-state index contributed by atoms with van der Waals surface area (Å²) < 4.78 is 4.55. The van der Waals surface area contributed by atoms with Gasteiger partial charge >= 0.3 is 6.03 Å². The van der Waals surface area contributed by atoms with E-state index in [1.165, 1.54) is 6.26 Å². The molecule has 2 amide bonds. The molecule has 0 spiro atoms. The molecule has 1 atom stereocenters. The number of hydrogen-bond donors (Lipinski definition) is 2. The SMILES string of the molecule is O=C(NP)NCc1ccon1. The first-order chi connectivity index (χ1) is 5.33. The maximum atomic E-state index is 10.6. The van der Waals surface area contributed by atoms with E-state index in [9.17, 15) is 4.79 Å². The number of nitrogens with zero attached hydrogens (tertiary/aromatic N) is 1. The molecule has 0 radical (unpaired) electrons. The number of carbonyl (C=O) groups excluding carboxylic acids is 1. The van der Waals surface area contributed by atoms with Gasteiger partial charge in [0.2, 0.25) is 0 Å². The maximum absolute atomic E-state index is 10.6. The van der Waals surface area contributed by atoms with E-state index in [0.29, 0.717) is 12.2 Å². The highest BCUT2D eigenvalue weighted by molar-refractivity contribution is 7.15. The average Bonchev–Trinajstić information content (AvgIpc) is 2.52. The fourth-order valence-corrected chi connectivity index (χ4v) is 0.653. The van der Waals surface area contributed by atoms with Gasteiger partial charge in [-0.2, -0.15) is 0 Å². The molecule has 0 saturated heterocycles. The molecule has 0 saturated carbocycles. The van der Waals surface area contributed by atoms with Gasteiger partial charge in [-0.1, -0.05) is 5.16 Å². The second kappa shape index (κ2) is 3.93. The lowest BCUT2D eigenvalue weighted by Crippen LogP contribution is -2.28. The van der Waals surface area contributed by atoms with Gasteiger partial charge in [-0.05, 0) is 9.39 Å². The van der Waals surface area contributed by atoms with E-state index in [-0.39, 0.29) is 6.03 Å². The van der Waals surface area contributed by atoms with E-state index in [4.69, 9.17) is 0 Å². The molecule has 0 fully saturated rings. The lowest BCUT2D eigenvalue weighted by Gasteiger charge is -1.98. The number of carbonyl (C=O) groups is 1. The molecule has 0 aliphatic rings. The first-order valence-electron chi connectivity index (χ1n) is 2.96. The minimum atomic E-state index is -0.266. The van der Waals surface area contributed by atoms with Crippen LogP contribution in [0.15, 0.2) is 16.9 Å². The Bertz CT molecular complexity index is 224. The van der Waals surface area contributed by atoms with Crippen molar-refractivity contribution in [3.63, 3.8) is 0 Å². The predicted molar refractivity (Wildman–Crippen MR) is 41.6 cm³/mol. The zero-order valence-electron chi connectivity index (χ0n) is 5.70. The van der Waals surface area contributed by atoms with E-state index in [2.05, 4.69) is 29.5 Å². The molecule has 11 heavy (non-hydrogen) atoms. The van der Waals surface area contributed by atoms with Gasteiger partial charge in [-0.15, -0.1) is 0 Å². The fraction of sp³-hybridized carbons (Fsp3) is 0.200. The molecule has 60 valence electrons. The van der Waals surface area contributed by atoms with Gasteiger partial charge in [0.25, 0.3) is 0 Å². The van der Waals surface area contributed by atoms with Crippen LogP contribution in [0.1, 0.15) is 5.69 Å². The molecular weight excluding hydrogens is 165 g/mol. The van der Waals surface area contributed by atoms with Crippen LogP contribution < -0.4 is 10.4 Å². The number of rotatable bonds is 2. The van der Waals surface area contributed by atoms with E-state index in [1.807, 2.05) is 0 Å². The normalized spacial score (nSPS) is 9.18. The molecule has 1 aromatic heterocycles. The van der Waals surface area contributed by atoms with E-state index < -0.39 is 0 Å². The Morgan fingerprint density at radius 1 is 1.82 bits per heavy atom. The molecule has 2 N–H and O–H groups in total. The number of hydrogen-bond acceptors (Lipinski definition) is 3. The Morgan fingerprint density at radius 3 is 3.18 bits per heavy atom. The Morgan fingerprint density at radius 2 is 2.64 bits per heavy atom. The van der Waals surface area contributed by atoms with Crippen LogP contribution in [-0.2, 0) is 6.54 Å². The lowest BCUT2D eigenvalue weighted by atomic mass is 10.4. The van der Waals surface area contributed by atoms with Crippen LogP contribution in [0.3, 0.4) is 0 Å². The van der Waals surface area contributed by atoms with Crippen molar-refractivity contribution in [2.75, 3.05) is 0 Å². The van der Waals surface area contributed by atoms with Gasteiger partial charge in [0.1, 0.15) is 12.0 Å². The summed E-state index contributed by atoms with van der Waals surface area (Å²) in [6, 6.07) is 1.42. The third-order valence-electron chi connectivity index (χ3n) is 1.05. The van der Waals surface area contributed by atoms with Crippen molar-refractivity contribution in [3.05, 3.63) is 18.0 Å². The minimum Gasteiger partial charge on any atom is -0.364 e. The van der Waals surface area contributed by atoms with Crippen LogP contribution in [0, 0.1) is 0 Å². The number of aromatic nitrogens is 1. The molecule has 5 nitrogen and oxygen atoms in total. The molecule has 0 aliphatic carbocycles. The summed E-state index contributed by atoms with van der Waals surface area (Å²) in [5.74, 6) is 0. The van der Waals surface area contributed by atoms with Gasteiger partial charge in [-0.25, -0.2) is 4.79 Å². The zero-order valence-corrected chi connectivity index (χ0v) is 6.86. The number of nitrogens with one attached hydrogen (secondary N) is 2. The summed E-state index contributed by atoms with van der Waals surface area (Å²) in [5, 5.41) is 8.48. The Hall–Kier alpha value is -1.09. The van der Waals surface area contributed by atoms with Gasteiger partial charge in [0, 0.05) is 6.07 Å². The van der Waals surface area contributed by atoms with Crippen molar-refractivity contribution in [2.45, 2.75) is 6.54 Å². The largest absolute Gasteiger partial charge is 0.364 e. The third kappa shape index (κ3) is 2.55. The smallest absolute Gasteiger partial charge is 0.317 e. The summed E-state index contributed by atoms with van der Waals surface area (Å²) in [7, 11) is 2.10. The molecule has 1 heterocycles. The lowest BCUT2D eigenvalue weighted by molar-refractivity contribution is 0.246. The maximum Gasteiger partial charge on any atom is 0.317 e. The van der Waals surface area contributed by atoms with Gasteiger partial charge in [0.05, 0.1) is 6.54 Å². The summed E-state index contributed by atoms with van der Waals surface area (Å²) >= 11 is 0. The van der Waals surface area contributed by atoms with Crippen molar-refractivity contribution >= 4 is 15.4 Å². The monoisotopic (exact) mass is 173 g/mol. The van der Waals surface area contributed by atoms with Gasteiger partial charge in [-0.3, -0.25) is 0 Å². The van der Waals surface area contributed by atoms with Crippen LogP contribution in [0.5, 0.6) is 0 Å². The first-order valence-corrected chi connectivity index (χ1v) is 3.54. The topological polar surface area (TPSA) is 67.2 Å². The standard InChI is InChI=1S/C5H8N3O2P/c9-5(8-11)6-3-4-1-2-10-7-4/h1-2H,3,11H2,(H2,6,8,9). The van der Waals surface area contributed by atoms with Crippen LogP contribution in [0.4, 0.5) is 4.79 Å². The molecule has 0 aliphatic heterocycles. The van der Waals surface area contributed by atoms with Gasteiger partial charge < -0.3 is 14.9 Å². The second-order valence-corrected chi connectivity index (χ2v) is 2.11. The minimum absolute atomic E-state index is 0.266. The van der Waals surface area contributed by atoms with E-state index in [1.54, 1.807) is 6.07 Å². The number of amides is 2. The van der Waals surface area contributed by atoms with Gasteiger partial charge in [0.15, 0.2) is 0 Å². The van der Waals surface area contributed by atoms with Crippen LogP contribution in [0.2, 0.25) is 0 Å². The van der Waals surface area contributed by atoms with E-state index >= 15 is 0 Å². The van der Waals surface area contributed by atoms with Crippen LogP contribution >= 0.6 is 9.39 Å². The predicted octanol–water partition coefficient (Wildman–Crippen LogP) is 0.264. The van der Waals surface area contributed by atoms with Crippen LogP contribution in [-0.4, -0.2) is 11.2 Å².